The van der Waals surface area contributed by atoms with Crippen LogP contribution in [0.25, 0.3) is 21.5 Å². The number of ether oxygens (including phenoxy) is 3. The number of hydrogen-bond donors (Lipinski definition) is 0. The summed E-state index contributed by atoms with van der Waals surface area (Å²) in [6, 6.07) is 21.8. The highest BCUT2D eigenvalue weighted by Gasteiger charge is 2.22. The topological polar surface area (TPSA) is 44.8 Å². The molecule has 40 heavy (non-hydrogen) atoms. The summed E-state index contributed by atoms with van der Waals surface area (Å²) < 4.78 is 18.7. The number of aryl methyl sites for hydroxylation is 1. The van der Waals surface area contributed by atoms with Crippen molar-refractivity contribution in [1.29, 1.82) is 0 Å². The molecule has 0 aliphatic heterocycles. The van der Waals surface area contributed by atoms with Gasteiger partial charge in [0.2, 0.25) is 0 Å². The maximum absolute atomic E-state index is 13.8. The molecule has 0 saturated heterocycles. The Balaban J connectivity index is 1.66. The van der Waals surface area contributed by atoms with E-state index in [0.717, 1.165) is 52.8 Å². The summed E-state index contributed by atoms with van der Waals surface area (Å²) in [6.07, 6.45) is 11.5. The Morgan fingerprint density at radius 3 is 2.05 bits per heavy atom. The highest BCUT2D eigenvalue weighted by molar-refractivity contribution is 6.05. The Morgan fingerprint density at radius 2 is 1.30 bits per heavy atom. The summed E-state index contributed by atoms with van der Waals surface area (Å²) in [5.74, 6) is 1.38. The zero-order valence-corrected chi connectivity index (χ0v) is 24.5. The zero-order chi connectivity index (χ0) is 28.2. The van der Waals surface area contributed by atoms with Crippen LogP contribution in [0.4, 0.5) is 0 Å². The molecule has 4 heteroatoms. The molecule has 4 nitrogen and oxygen atoms in total. The fraction of sp³-hybridized carbons (Fsp3) is 0.417. The lowest BCUT2D eigenvalue weighted by atomic mass is 10.0. The molecule has 0 spiro atoms. The predicted octanol–water partition coefficient (Wildman–Crippen LogP) is 10.2. The highest BCUT2D eigenvalue weighted by atomic mass is 16.5. The van der Waals surface area contributed by atoms with E-state index in [2.05, 4.69) is 32.9 Å². The van der Waals surface area contributed by atoms with Gasteiger partial charge in [0.25, 0.3) is 0 Å². The van der Waals surface area contributed by atoms with Gasteiger partial charge in [0, 0.05) is 16.2 Å². The number of benzene rings is 4. The third-order valence-electron chi connectivity index (χ3n) is 7.38. The lowest BCUT2D eigenvalue weighted by Gasteiger charge is -2.18. The van der Waals surface area contributed by atoms with Crippen LogP contribution in [0.5, 0.6) is 17.2 Å². The van der Waals surface area contributed by atoms with Crippen molar-refractivity contribution in [3.05, 3.63) is 77.9 Å². The van der Waals surface area contributed by atoms with Gasteiger partial charge in [-0.05, 0) is 43.4 Å². The van der Waals surface area contributed by atoms with Gasteiger partial charge in [-0.15, -0.1) is 0 Å². The quantitative estimate of drug-likeness (QED) is 0.0805. The molecule has 0 radical (unpaired) electrons. The molecule has 0 aromatic heterocycles. The van der Waals surface area contributed by atoms with Crippen LogP contribution in [-0.2, 0) is 0 Å². The number of carbonyl (C=O) groups is 1. The molecule has 4 aromatic rings. The van der Waals surface area contributed by atoms with E-state index in [-0.39, 0.29) is 0 Å². The molecular weight excluding hydrogens is 496 g/mol. The van der Waals surface area contributed by atoms with Crippen LogP contribution in [0.1, 0.15) is 94.0 Å². The lowest BCUT2D eigenvalue weighted by Crippen LogP contribution is -2.13. The first kappa shape index (κ1) is 29.5. The van der Waals surface area contributed by atoms with Gasteiger partial charge in [0.15, 0.2) is 0 Å². The number of rotatable bonds is 16. The Hall–Kier alpha value is -3.53. The second-order valence-corrected chi connectivity index (χ2v) is 10.7. The van der Waals surface area contributed by atoms with Crippen molar-refractivity contribution in [2.45, 2.75) is 85.0 Å². The maximum Gasteiger partial charge on any atom is 0.347 e. The Morgan fingerprint density at radius 1 is 0.625 bits per heavy atom. The summed E-state index contributed by atoms with van der Waals surface area (Å²) in [4.78, 5) is 13.8. The Bertz CT molecular complexity index is 1390. The van der Waals surface area contributed by atoms with E-state index in [4.69, 9.17) is 14.2 Å². The van der Waals surface area contributed by atoms with E-state index in [1.807, 2.05) is 54.6 Å². The van der Waals surface area contributed by atoms with Gasteiger partial charge in [0.05, 0.1) is 13.2 Å². The molecule has 0 atom stereocenters. The molecule has 0 N–H and O–H groups in total. The van der Waals surface area contributed by atoms with Crippen LogP contribution in [0.15, 0.2) is 66.7 Å². The fourth-order valence-electron chi connectivity index (χ4n) is 5.11. The summed E-state index contributed by atoms with van der Waals surface area (Å²) in [5, 5.41) is 3.78. The first-order valence-corrected chi connectivity index (χ1v) is 15.1. The van der Waals surface area contributed by atoms with E-state index in [1.165, 1.54) is 38.5 Å². The lowest BCUT2D eigenvalue weighted by molar-refractivity contribution is 0.0732. The average Bonchev–Trinajstić information content (AvgIpc) is 2.97. The van der Waals surface area contributed by atoms with Crippen LogP contribution >= 0.6 is 0 Å². The predicted molar refractivity (Wildman–Crippen MR) is 166 cm³/mol. The van der Waals surface area contributed by atoms with Gasteiger partial charge in [-0.25, -0.2) is 4.79 Å². The summed E-state index contributed by atoms with van der Waals surface area (Å²) >= 11 is 0. The van der Waals surface area contributed by atoms with Gasteiger partial charge in [0.1, 0.15) is 22.8 Å². The van der Waals surface area contributed by atoms with Crippen LogP contribution in [-0.4, -0.2) is 19.2 Å². The first-order valence-electron chi connectivity index (χ1n) is 15.1. The minimum atomic E-state index is -0.437. The molecule has 4 rings (SSSR count). The first-order chi connectivity index (χ1) is 19.6. The van der Waals surface area contributed by atoms with Crippen molar-refractivity contribution in [2.75, 3.05) is 13.2 Å². The normalized spacial score (nSPS) is 11.2. The maximum atomic E-state index is 13.8. The number of esters is 1. The monoisotopic (exact) mass is 540 g/mol. The Labute approximate surface area is 239 Å². The molecule has 0 bridgehead atoms. The van der Waals surface area contributed by atoms with E-state index in [1.54, 1.807) is 0 Å². The molecule has 0 fully saturated rings. The van der Waals surface area contributed by atoms with Gasteiger partial charge < -0.3 is 14.2 Å². The third kappa shape index (κ3) is 7.78. The largest absolute Gasteiger partial charge is 0.493 e. The summed E-state index contributed by atoms with van der Waals surface area (Å²) in [7, 11) is 0. The van der Waals surface area contributed by atoms with Crippen molar-refractivity contribution < 1.29 is 19.0 Å². The number of hydrogen-bond acceptors (Lipinski definition) is 4. The van der Waals surface area contributed by atoms with Gasteiger partial charge in [-0.1, -0.05) is 119 Å². The minimum absolute atomic E-state index is 0.402. The Kier molecular flexibility index (Phi) is 11.3. The molecule has 0 aliphatic carbocycles. The average molecular weight is 541 g/mol. The standard InChI is InChI=1S/C36H44O4/c1-4-6-8-10-14-23-38-34-26-32(36(37)40-33-20-16-18-28-17-12-13-19-29(28)33)35(39-24-15-11-9-7-5-2)30-22-21-27(3)25-31(30)34/h12-13,16-22,25-26H,4-11,14-15,23-24H2,1-3H3. The molecule has 212 valence electrons. The van der Waals surface area contributed by atoms with Crippen LogP contribution in [0, 0.1) is 6.92 Å². The molecule has 0 aliphatic rings. The van der Waals surface area contributed by atoms with Crippen LogP contribution < -0.4 is 14.2 Å². The number of unbranched alkanes of at least 4 members (excludes halogenated alkanes) is 8. The van der Waals surface area contributed by atoms with Crippen molar-refractivity contribution in [1.82, 2.24) is 0 Å². The number of carbonyl (C=O) groups excluding carboxylic acids is 1. The van der Waals surface area contributed by atoms with Crippen LogP contribution in [0.2, 0.25) is 0 Å². The molecule has 0 unspecified atom stereocenters. The van der Waals surface area contributed by atoms with E-state index >= 15 is 0 Å². The molecule has 0 amide bonds. The van der Waals surface area contributed by atoms with Crippen molar-refractivity contribution in [3.63, 3.8) is 0 Å². The summed E-state index contributed by atoms with van der Waals surface area (Å²) in [5.41, 5.74) is 1.54. The molecule has 4 aromatic carbocycles. The highest BCUT2D eigenvalue weighted by Crippen LogP contribution is 2.39. The SMILES string of the molecule is CCCCCCCOc1cc(C(=O)Oc2cccc3ccccc23)c(OCCCCCCC)c2ccc(C)cc12. The fourth-order valence-corrected chi connectivity index (χ4v) is 5.11. The summed E-state index contributed by atoms with van der Waals surface area (Å²) in [6.45, 7) is 7.68. The molecule has 0 heterocycles. The minimum Gasteiger partial charge on any atom is -0.493 e. The van der Waals surface area contributed by atoms with E-state index < -0.39 is 5.97 Å². The second-order valence-electron chi connectivity index (χ2n) is 10.7. The molecular formula is C36H44O4. The third-order valence-corrected chi connectivity index (χ3v) is 7.38. The number of fused-ring (bicyclic) bond motifs is 2. The van der Waals surface area contributed by atoms with Crippen molar-refractivity contribution in [2.24, 2.45) is 0 Å². The zero-order valence-electron chi connectivity index (χ0n) is 24.5. The van der Waals surface area contributed by atoms with Crippen LogP contribution in [0.3, 0.4) is 0 Å². The van der Waals surface area contributed by atoms with E-state index in [9.17, 15) is 4.79 Å². The van der Waals surface area contributed by atoms with Crippen molar-refractivity contribution >= 4 is 27.5 Å². The van der Waals surface area contributed by atoms with Gasteiger partial charge >= 0.3 is 5.97 Å². The van der Waals surface area contributed by atoms with Gasteiger partial charge in [-0.3, -0.25) is 0 Å². The van der Waals surface area contributed by atoms with E-state index in [0.29, 0.717) is 36.0 Å². The molecule has 0 saturated carbocycles. The smallest absolute Gasteiger partial charge is 0.347 e. The van der Waals surface area contributed by atoms with Gasteiger partial charge in [-0.2, -0.15) is 0 Å². The van der Waals surface area contributed by atoms with Crippen molar-refractivity contribution in [3.8, 4) is 17.2 Å². The second kappa shape index (κ2) is 15.3.